The molecule has 24 heavy (non-hydrogen) atoms. The number of nitrogens with zero attached hydrogens (tertiary/aromatic N) is 2. The fourth-order valence-corrected chi connectivity index (χ4v) is 3.23. The zero-order chi connectivity index (χ0) is 16.9. The third-order valence-corrected chi connectivity index (χ3v) is 4.54. The van der Waals surface area contributed by atoms with Crippen LogP contribution in [0.4, 0.5) is 0 Å². The molecular weight excluding hydrogens is 340 g/mol. The molecule has 1 aromatic heterocycles. The topological polar surface area (TPSA) is 35.0 Å². The number of para-hydroxylation sites is 1. The van der Waals surface area contributed by atoms with E-state index in [1.165, 1.54) is 11.1 Å². The molecule has 0 bridgehead atoms. The molecule has 0 N–H and O–H groups in total. The van der Waals surface area contributed by atoms with Crippen molar-refractivity contribution in [2.45, 2.75) is 24.8 Å². The number of benzene rings is 2. The molecule has 5 heteroatoms. The number of ether oxygens (including phenoxy) is 1. The number of thioether (sulfide) groups is 1. The second kappa shape index (κ2) is 7.69. The molecule has 0 aliphatic carbocycles. The number of aryl methyl sites for hydroxylation is 2. The Morgan fingerprint density at radius 2 is 1.83 bits per heavy atom. The molecule has 0 saturated heterocycles. The molecule has 0 radical (unpaired) electrons. The molecule has 0 aliphatic heterocycles. The summed E-state index contributed by atoms with van der Waals surface area (Å²) in [6, 6.07) is 17.6. The van der Waals surface area contributed by atoms with E-state index in [9.17, 15) is 0 Å². The minimum absolute atomic E-state index is 0.502. The summed E-state index contributed by atoms with van der Waals surface area (Å²) in [7, 11) is 0. The Labute approximate surface area is 151 Å². The summed E-state index contributed by atoms with van der Waals surface area (Å²) in [5.74, 6) is 1.91. The van der Waals surface area contributed by atoms with Gasteiger partial charge in [0, 0.05) is 17.5 Å². The lowest BCUT2D eigenvalue weighted by Gasteiger charge is -2.09. The van der Waals surface area contributed by atoms with E-state index in [1.54, 1.807) is 23.9 Å². The normalized spacial score (nSPS) is 10.6. The van der Waals surface area contributed by atoms with Crippen LogP contribution in [0, 0.1) is 13.8 Å². The Balaban J connectivity index is 1.75. The molecule has 122 valence electrons. The molecule has 3 nitrogen and oxygen atoms in total. The Bertz CT molecular complexity index is 854. The van der Waals surface area contributed by atoms with E-state index in [-0.39, 0.29) is 0 Å². The van der Waals surface area contributed by atoms with Crippen LogP contribution in [-0.2, 0) is 5.75 Å². The maximum Gasteiger partial charge on any atom is 0.223 e. The molecule has 0 amide bonds. The summed E-state index contributed by atoms with van der Waals surface area (Å²) in [5.41, 5.74) is 3.36. The average molecular weight is 357 g/mol. The van der Waals surface area contributed by atoms with Crippen LogP contribution in [0.5, 0.6) is 11.6 Å². The summed E-state index contributed by atoms with van der Waals surface area (Å²) in [5, 5.41) is 1.25. The van der Waals surface area contributed by atoms with Crippen molar-refractivity contribution in [1.29, 1.82) is 0 Å². The monoisotopic (exact) mass is 356 g/mol. The Kier molecular flexibility index (Phi) is 5.38. The van der Waals surface area contributed by atoms with Crippen molar-refractivity contribution in [2.75, 3.05) is 0 Å². The summed E-state index contributed by atoms with van der Waals surface area (Å²) < 4.78 is 5.81. The van der Waals surface area contributed by atoms with Gasteiger partial charge in [-0.2, -0.15) is 4.98 Å². The molecule has 0 fully saturated rings. The summed E-state index contributed by atoms with van der Waals surface area (Å²) >= 11 is 7.73. The summed E-state index contributed by atoms with van der Waals surface area (Å²) in [6.07, 6.45) is 0. The highest BCUT2D eigenvalue weighted by Crippen LogP contribution is 2.29. The first-order valence-electron chi connectivity index (χ1n) is 7.56. The van der Waals surface area contributed by atoms with Crippen molar-refractivity contribution < 1.29 is 4.74 Å². The van der Waals surface area contributed by atoms with Crippen LogP contribution in [0.3, 0.4) is 0 Å². The highest BCUT2D eigenvalue weighted by Gasteiger charge is 2.08. The van der Waals surface area contributed by atoms with Gasteiger partial charge in [-0.25, -0.2) is 4.98 Å². The summed E-state index contributed by atoms with van der Waals surface area (Å²) in [4.78, 5) is 8.95. The Hall–Kier alpha value is -2.04. The van der Waals surface area contributed by atoms with Crippen molar-refractivity contribution >= 4 is 23.4 Å². The molecular formula is C19H17ClN2OS. The van der Waals surface area contributed by atoms with Gasteiger partial charge < -0.3 is 4.74 Å². The predicted octanol–water partition coefficient (Wildman–Crippen LogP) is 5.83. The van der Waals surface area contributed by atoms with Crippen LogP contribution in [0.2, 0.25) is 5.02 Å². The average Bonchev–Trinajstić information content (AvgIpc) is 2.55. The highest BCUT2D eigenvalue weighted by molar-refractivity contribution is 7.98. The van der Waals surface area contributed by atoms with E-state index in [0.717, 1.165) is 11.4 Å². The van der Waals surface area contributed by atoms with E-state index in [2.05, 4.69) is 41.2 Å². The standard InChI is InChI=1S/C19H17ClN2OS/c1-13-6-5-7-15(10-13)12-24-19-21-14(2)11-18(22-19)23-17-9-4-3-8-16(17)20/h3-11H,12H2,1-2H3. The van der Waals surface area contributed by atoms with Crippen LogP contribution in [0.1, 0.15) is 16.8 Å². The van der Waals surface area contributed by atoms with Gasteiger partial charge in [-0.3, -0.25) is 0 Å². The van der Waals surface area contributed by atoms with Gasteiger partial charge in [-0.15, -0.1) is 0 Å². The van der Waals surface area contributed by atoms with Crippen LogP contribution < -0.4 is 4.74 Å². The third kappa shape index (κ3) is 4.49. The molecule has 2 aromatic carbocycles. The molecule has 3 aromatic rings. The van der Waals surface area contributed by atoms with Gasteiger partial charge in [0.2, 0.25) is 5.88 Å². The van der Waals surface area contributed by atoms with Gasteiger partial charge in [-0.1, -0.05) is 65.3 Å². The van der Waals surface area contributed by atoms with E-state index in [1.807, 2.05) is 25.1 Å². The van der Waals surface area contributed by atoms with Crippen molar-refractivity contribution in [3.63, 3.8) is 0 Å². The molecule has 0 atom stereocenters. The summed E-state index contributed by atoms with van der Waals surface area (Å²) in [6.45, 7) is 4.02. The van der Waals surface area contributed by atoms with Gasteiger partial charge in [0.05, 0.1) is 5.02 Å². The third-order valence-electron chi connectivity index (χ3n) is 3.31. The van der Waals surface area contributed by atoms with Crippen LogP contribution in [0.25, 0.3) is 0 Å². The van der Waals surface area contributed by atoms with Crippen molar-refractivity contribution in [1.82, 2.24) is 9.97 Å². The fraction of sp³-hybridized carbons (Fsp3) is 0.158. The Morgan fingerprint density at radius 3 is 2.62 bits per heavy atom. The SMILES string of the molecule is Cc1cccc(CSc2nc(C)cc(Oc3ccccc3Cl)n2)c1. The second-order valence-corrected chi connectivity index (χ2v) is 6.79. The number of hydrogen-bond acceptors (Lipinski definition) is 4. The quantitative estimate of drug-likeness (QED) is 0.425. The maximum absolute atomic E-state index is 6.14. The smallest absolute Gasteiger partial charge is 0.223 e. The predicted molar refractivity (Wildman–Crippen MR) is 99.0 cm³/mol. The first-order chi connectivity index (χ1) is 11.6. The highest BCUT2D eigenvalue weighted by atomic mass is 35.5. The number of rotatable bonds is 5. The fourth-order valence-electron chi connectivity index (χ4n) is 2.22. The minimum atomic E-state index is 0.502. The van der Waals surface area contributed by atoms with E-state index >= 15 is 0 Å². The molecule has 1 heterocycles. The lowest BCUT2D eigenvalue weighted by Crippen LogP contribution is -1.95. The second-order valence-electron chi connectivity index (χ2n) is 5.44. The largest absolute Gasteiger partial charge is 0.437 e. The molecule has 0 spiro atoms. The van der Waals surface area contributed by atoms with Gasteiger partial charge in [0.1, 0.15) is 5.75 Å². The van der Waals surface area contributed by atoms with Gasteiger partial charge in [-0.05, 0) is 31.5 Å². The first-order valence-corrected chi connectivity index (χ1v) is 8.93. The van der Waals surface area contributed by atoms with Crippen molar-refractivity contribution in [3.8, 4) is 11.6 Å². The van der Waals surface area contributed by atoms with E-state index in [4.69, 9.17) is 16.3 Å². The van der Waals surface area contributed by atoms with Crippen LogP contribution >= 0.6 is 23.4 Å². The van der Waals surface area contributed by atoms with Gasteiger partial charge in [0.15, 0.2) is 5.16 Å². The molecule has 0 saturated carbocycles. The lowest BCUT2D eigenvalue weighted by molar-refractivity contribution is 0.454. The van der Waals surface area contributed by atoms with Crippen LogP contribution in [-0.4, -0.2) is 9.97 Å². The van der Waals surface area contributed by atoms with E-state index in [0.29, 0.717) is 21.8 Å². The minimum Gasteiger partial charge on any atom is -0.437 e. The molecule has 3 rings (SSSR count). The maximum atomic E-state index is 6.14. The first kappa shape index (κ1) is 16.8. The Morgan fingerprint density at radius 1 is 1.00 bits per heavy atom. The lowest BCUT2D eigenvalue weighted by atomic mass is 10.2. The van der Waals surface area contributed by atoms with Gasteiger partial charge >= 0.3 is 0 Å². The zero-order valence-electron chi connectivity index (χ0n) is 13.5. The van der Waals surface area contributed by atoms with Crippen molar-refractivity contribution in [2.24, 2.45) is 0 Å². The number of hydrogen-bond donors (Lipinski definition) is 0. The van der Waals surface area contributed by atoms with Crippen molar-refractivity contribution in [3.05, 3.63) is 76.4 Å². The molecule has 0 aliphatic rings. The zero-order valence-corrected chi connectivity index (χ0v) is 15.1. The number of halogens is 1. The van der Waals surface area contributed by atoms with E-state index < -0.39 is 0 Å². The molecule has 0 unspecified atom stereocenters. The van der Waals surface area contributed by atoms with Gasteiger partial charge in [0.25, 0.3) is 0 Å². The van der Waals surface area contributed by atoms with Crippen LogP contribution in [0.15, 0.2) is 59.8 Å². The number of aromatic nitrogens is 2.